The number of carbonyl (C=O) groups is 6. The minimum atomic E-state index is -1.38. The third-order valence-corrected chi connectivity index (χ3v) is 10.2. The predicted octanol–water partition coefficient (Wildman–Crippen LogP) is 4.91. The molecule has 7 rings (SSSR count). The third kappa shape index (κ3) is 12.4. The zero-order valence-electron chi connectivity index (χ0n) is 32.7. The summed E-state index contributed by atoms with van der Waals surface area (Å²) in [6.07, 6.45) is -0.00453. The molecule has 5 aromatic carbocycles. The molecule has 60 heavy (non-hydrogen) atoms. The van der Waals surface area contributed by atoms with Crippen LogP contribution in [0.25, 0.3) is 11.1 Å². The lowest BCUT2D eigenvalue weighted by molar-refractivity contribution is -0.142. The largest absolute Gasteiger partial charge is 0.480 e. The Morgan fingerprint density at radius 2 is 1.13 bits per heavy atom. The van der Waals surface area contributed by atoms with Crippen molar-refractivity contribution in [2.75, 3.05) is 5.32 Å². The van der Waals surface area contributed by atoms with E-state index in [2.05, 4.69) is 26.6 Å². The molecular formula is C47H46FN5O7. The van der Waals surface area contributed by atoms with Crippen LogP contribution in [0.3, 0.4) is 0 Å². The van der Waals surface area contributed by atoms with Gasteiger partial charge in [0.05, 0.1) is 0 Å². The number of hydrogen-bond acceptors (Lipinski definition) is 6. The standard InChI is InChI=1S/C47H46FN5O7/c48-36-13-7-12-35(29-36)34-19-14-32(15-20-34)27-40-45(57)52-39(26-31-10-5-2-6-11-31)46(58)53-41(47(59)60)28-33-16-21-37(22-17-33)49-42(54)24-25-43(55)50-38(44(56)51-40)23-18-30-8-3-1-4-9-30/h1-17,19-22,29,38-41H,18,23-28H2,(H,49,54)(H,50,55)(H,51,56)(H,52,57)(H,53,58)(H,59,60). The number of fused-ring (bicyclic) bond motifs is 18. The maximum absolute atomic E-state index is 14.4. The summed E-state index contributed by atoms with van der Waals surface area (Å²) in [7, 11) is 0. The second-order valence-corrected chi connectivity index (χ2v) is 14.7. The lowest BCUT2D eigenvalue weighted by Gasteiger charge is -2.26. The van der Waals surface area contributed by atoms with Gasteiger partial charge in [0.15, 0.2) is 0 Å². The second kappa shape index (κ2) is 20.5. The van der Waals surface area contributed by atoms with Crippen molar-refractivity contribution in [3.63, 3.8) is 0 Å². The number of hydrogen-bond donors (Lipinski definition) is 6. The molecule has 0 radical (unpaired) electrons. The first-order valence-corrected chi connectivity index (χ1v) is 19.7. The molecule has 0 fully saturated rings. The van der Waals surface area contributed by atoms with Crippen LogP contribution >= 0.6 is 0 Å². The highest BCUT2D eigenvalue weighted by molar-refractivity contribution is 5.96. The van der Waals surface area contributed by atoms with Crippen LogP contribution in [0.2, 0.25) is 0 Å². The van der Waals surface area contributed by atoms with E-state index in [1.807, 2.05) is 30.3 Å². The number of carboxylic acids is 1. The number of halogens is 1. The molecule has 12 nitrogen and oxygen atoms in total. The lowest BCUT2D eigenvalue weighted by Crippen LogP contribution is -2.59. The monoisotopic (exact) mass is 811 g/mol. The van der Waals surface area contributed by atoms with Crippen molar-refractivity contribution >= 4 is 41.2 Å². The van der Waals surface area contributed by atoms with Crippen molar-refractivity contribution < 1.29 is 38.3 Å². The van der Waals surface area contributed by atoms with Gasteiger partial charge < -0.3 is 31.7 Å². The third-order valence-electron chi connectivity index (χ3n) is 10.2. The number of rotatable bonds is 9. The first-order chi connectivity index (χ1) is 29.0. The van der Waals surface area contributed by atoms with Crippen LogP contribution in [0.5, 0.6) is 0 Å². The van der Waals surface area contributed by atoms with E-state index in [1.54, 1.807) is 91.0 Å². The van der Waals surface area contributed by atoms with Crippen LogP contribution in [0, 0.1) is 5.82 Å². The SMILES string of the molecule is O=C1CCC(=O)NC(CCc2ccccc2)C(=O)NC(Cc2ccc(-c3cccc(F)c3)cc2)C(=O)NC(Cc2ccccc2)C(=O)NC(C(=O)O)Cc2ccc(cc2)N1. The topological polar surface area (TPSA) is 183 Å². The van der Waals surface area contributed by atoms with Crippen LogP contribution in [0.15, 0.2) is 133 Å². The summed E-state index contributed by atoms with van der Waals surface area (Å²) in [5, 5.41) is 23.8. The van der Waals surface area contributed by atoms with Gasteiger partial charge in [0.1, 0.15) is 30.0 Å². The van der Waals surface area contributed by atoms with E-state index in [0.717, 1.165) is 11.1 Å². The predicted molar refractivity (Wildman–Crippen MR) is 224 cm³/mol. The molecule has 0 spiro atoms. The average Bonchev–Trinajstić information content (AvgIpc) is 3.25. The normalized spacial score (nSPS) is 19.4. The number of benzene rings is 5. The summed E-state index contributed by atoms with van der Waals surface area (Å²) in [5.41, 5.74) is 4.57. The van der Waals surface area contributed by atoms with Gasteiger partial charge in [-0.25, -0.2) is 9.18 Å². The summed E-state index contributed by atoms with van der Waals surface area (Å²) >= 11 is 0. The van der Waals surface area contributed by atoms with Gasteiger partial charge in [-0.1, -0.05) is 109 Å². The van der Waals surface area contributed by atoms with Gasteiger partial charge in [-0.2, -0.15) is 0 Å². The Kier molecular flexibility index (Phi) is 14.5. The average molecular weight is 812 g/mol. The molecule has 4 atom stereocenters. The molecule has 0 saturated heterocycles. The van der Waals surface area contributed by atoms with E-state index in [1.165, 1.54) is 12.1 Å². The van der Waals surface area contributed by atoms with Gasteiger partial charge >= 0.3 is 5.97 Å². The van der Waals surface area contributed by atoms with Crippen molar-refractivity contribution in [1.29, 1.82) is 0 Å². The number of carboxylic acid groups (broad SMARTS) is 1. The minimum Gasteiger partial charge on any atom is -0.480 e. The molecule has 2 aliphatic heterocycles. The van der Waals surface area contributed by atoms with Gasteiger partial charge in [0.2, 0.25) is 29.5 Å². The maximum Gasteiger partial charge on any atom is 0.326 e. The summed E-state index contributed by atoms with van der Waals surface area (Å²) in [5.74, 6) is -4.84. The number of aliphatic carboxylic acids is 1. The minimum absolute atomic E-state index is 0.00208. The van der Waals surface area contributed by atoms with Gasteiger partial charge in [-0.05, 0) is 70.5 Å². The quantitative estimate of drug-likeness (QED) is 0.114. The zero-order chi connectivity index (χ0) is 42.4. The maximum atomic E-state index is 14.4. The smallest absolute Gasteiger partial charge is 0.326 e. The fraction of sp³-hybridized carbons (Fsp3) is 0.234. The molecule has 5 amide bonds. The van der Waals surface area contributed by atoms with Crippen molar-refractivity contribution in [2.45, 2.75) is 69.1 Å². The molecule has 2 bridgehead atoms. The van der Waals surface area contributed by atoms with Crippen LogP contribution in [0.4, 0.5) is 10.1 Å². The van der Waals surface area contributed by atoms with Crippen LogP contribution in [-0.2, 0) is 54.5 Å². The first kappa shape index (κ1) is 42.5. The molecule has 4 unspecified atom stereocenters. The number of anilines is 1. The molecular weight excluding hydrogens is 766 g/mol. The first-order valence-electron chi connectivity index (χ1n) is 19.7. The highest BCUT2D eigenvalue weighted by Gasteiger charge is 2.32. The Morgan fingerprint density at radius 1 is 0.567 bits per heavy atom. The van der Waals surface area contributed by atoms with E-state index in [0.29, 0.717) is 34.4 Å². The summed E-state index contributed by atoms with van der Waals surface area (Å²) in [4.78, 5) is 81.3. The number of carbonyl (C=O) groups excluding carboxylic acids is 5. The molecule has 6 N–H and O–H groups in total. The van der Waals surface area contributed by atoms with Crippen LogP contribution in [0.1, 0.15) is 41.5 Å². The Bertz CT molecular complexity index is 2290. The van der Waals surface area contributed by atoms with Gasteiger partial charge in [-0.15, -0.1) is 0 Å². The summed E-state index contributed by atoms with van der Waals surface area (Å²) in [6.45, 7) is 0. The molecule has 2 aliphatic rings. The Hall–Kier alpha value is -7.15. The Morgan fingerprint density at radius 3 is 1.75 bits per heavy atom. The Balaban J connectivity index is 1.34. The van der Waals surface area contributed by atoms with E-state index in [-0.39, 0.29) is 38.5 Å². The number of aryl methyl sites for hydroxylation is 1. The van der Waals surface area contributed by atoms with Crippen molar-refractivity contribution in [2.24, 2.45) is 0 Å². The fourth-order valence-electron chi connectivity index (χ4n) is 6.92. The summed E-state index contributed by atoms with van der Waals surface area (Å²) in [6, 6.07) is 32.8. The number of amides is 5. The highest BCUT2D eigenvalue weighted by atomic mass is 19.1. The zero-order valence-corrected chi connectivity index (χ0v) is 32.7. The van der Waals surface area contributed by atoms with Gasteiger partial charge in [-0.3, -0.25) is 24.0 Å². The van der Waals surface area contributed by atoms with E-state index in [9.17, 15) is 38.3 Å². The van der Waals surface area contributed by atoms with Gasteiger partial charge in [0, 0.05) is 37.8 Å². The fourth-order valence-corrected chi connectivity index (χ4v) is 6.92. The van der Waals surface area contributed by atoms with E-state index in [4.69, 9.17) is 0 Å². The molecule has 308 valence electrons. The number of nitrogens with one attached hydrogen (secondary N) is 5. The lowest BCUT2D eigenvalue weighted by atomic mass is 9.98. The van der Waals surface area contributed by atoms with E-state index >= 15 is 0 Å². The molecule has 0 saturated carbocycles. The molecule has 2 heterocycles. The molecule has 0 aromatic heterocycles. The molecule has 13 heteroatoms. The van der Waals surface area contributed by atoms with Crippen LogP contribution in [-0.4, -0.2) is 64.8 Å². The van der Waals surface area contributed by atoms with Crippen molar-refractivity contribution in [1.82, 2.24) is 21.3 Å². The molecule has 5 aromatic rings. The summed E-state index contributed by atoms with van der Waals surface area (Å²) < 4.78 is 14.0. The molecule has 0 aliphatic carbocycles. The van der Waals surface area contributed by atoms with Gasteiger partial charge in [0.25, 0.3) is 0 Å². The highest BCUT2D eigenvalue weighted by Crippen LogP contribution is 2.22. The van der Waals surface area contributed by atoms with E-state index < -0.39 is 65.5 Å². The van der Waals surface area contributed by atoms with Crippen molar-refractivity contribution in [3.8, 4) is 11.1 Å². The van der Waals surface area contributed by atoms with Crippen LogP contribution < -0.4 is 26.6 Å². The van der Waals surface area contributed by atoms with Crippen molar-refractivity contribution in [3.05, 3.63) is 162 Å². The Labute approximate surface area is 347 Å². The second-order valence-electron chi connectivity index (χ2n) is 14.7.